The lowest BCUT2D eigenvalue weighted by Gasteiger charge is -2.38. The van der Waals surface area contributed by atoms with Gasteiger partial charge in [0.15, 0.2) is 0 Å². The highest BCUT2D eigenvalue weighted by Gasteiger charge is 2.36. The van der Waals surface area contributed by atoms with Gasteiger partial charge in [0.05, 0.1) is 23.3 Å². The molecule has 0 radical (unpaired) electrons. The zero-order valence-electron chi connectivity index (χ0n) is 21.3. The summed E-state index contributed by atoms with van der Waals surface area (Å²) in [6.45, 7) is 3.28. The fraction of sp³-hybridized carbons (Fsp3) is 0.267. The van der Waals surface area contributed by atoms with Gasteiger partial charge in [-0.1, -0.05) is 18.2 Å². The predicted octanol–water partition coefficient (Wildman–Crippen LogP) is 6.52. The van der Waals surface area contributed by atoms with Crippen LogP contribution in [0.1, 0.15) is 41.3 Å². The minimum absolute atomic E-state index is 0.124. The number of amides is 1. The molecule has 1 aliphatic heterocycles. The molecule has 5 rings (SSSR count). The van der Waals surface area contributed by atoms with E-state index in [-0.39, 0.29) is 11.4 Å². The predicted molar refractivity (Wildman–Crippen MR) is 143 cm³/mol. The molecule has 0 atom stereocenters. The topological polar surface area (TPSA) is 74.7 Å². The van der Waals surface area contributed by atoms with E-state index in [0.717, 1.165) is 17.7 Å². The van der Waals surface area contributed by atoms with Gasteiger partial charge in [-0.2, -0.15) is 13.2 Å². The van der Waals surface area contributed by atoms with Crippen molar-refractivity contribution in [2.75, 3.05) is 25.0 Å². The second-order valence-corrected chi connectivity index (χ2v) is 9.58. The Balaban J connectivity index is 1.25. The number of nitrogens with one attached hydrogen (secondary N) is 1. The number of carbonyl (C=O) groups excluding carboxylic acids is 1. The van der Waals surface area contributed by atoms with Crippen LogP contribution in [0.25, 0.3) is 10.9 Å². The smallest absolute Gasteiger partial charge is 0.416 e. The van der Waals surface area contributed by atoms with E-state index in [4.69, 9.17) is 4.74 Å². The van der Waals surface area contributed by atoms with Gasteiger partial charge >= 0.3 is 6.18 Å². The summed E-state index contributed by atoms with van der Waals surface area (Å²) < 4.78 is 44.8. The third kappa shape index (κ3) is 5.68. The molecule has 0 aliphatic carbocycles. The van der Waals surface area contributed by atoms with E-state index in [1.165, 1.54) is 12.3 Å². The lowest BCUT2D eigenvalue weighted by molar-refractivity contribution is -0.137. The van der Waals surface area contributed by atoms with Gasteiger partial charge in [-0.15, -0.1) is 0 Å². The molecule has 0 spiro atoms. The molecular weight excluding hydrogens is 507 g/mol. The van der Waals surface area contributed by atoms with E-state index in [1.807, 2.05) is 31.2 Å². The number of rotatable bonds is 6. The Kier molecular flexibility index (Phi) is 7.18. The Hall–Kier alpha value is -4.11. The van der Waals surface area contributed by atoms with Crippen LogP contribution in [0.2, 0.25) is 0 Å². The Morgan fingerprint density at radius 1 is 1.05 bits per heavy atom. The number of nitrogens with zero attached hydrogens (tertiary/aromatic N) is 2. The number of pyridine rings is 1. The van der Waals surface area contributed by atoms with Gasteiger partial charge in [0.2, 0.25) is 0 Å². The second kappa shape index (κ2) is 10.6. The van der Waals surface area contributed by atoms with E-state index < -0.39 is 17.3 Å². The number of hydrogen-bond acceptors (Lipinski definition) is 5. The molecule has 39 heavy (non-hydrogen) atoms. The van der Waals surface area contributed by atoms with Gasteiger partial charge < -0.3 is 20.1 Å². The van der Waals surface area contributed by atoms with E-state index in [2.05, 4.69) is 10.3 Å². The number of ether oxygens (including phenoxy) is 1. The maximum atomic E-state index is 13.1. The average molecular weight is 536 g/mol. The van der Waals surface area contributed by atoms with Crippen LogP contribution in [0.3, 0.4) is 0 Å². The third-order valence-corrected chi connectivity index (χ3v) is 7.04. The molecule has 1 aromatic heterocycles. The third-order valence-electron chi connectivity index (χ3n) is 7.04. The Morgan fingerprint density at radius 2 is 1.79 bits per heavy atom. The average Bonchev–Trinajstić information content (AvgIpc) is 2.93. The van der Waals surface area contributed by atoms with Gasteiger partial charge in [-0.05, 0) is 79.9 Å². The number of anilines is 2. The summed E-state index contributed by atoms with van der Waals surface area (Å²) in [5.74, 6) is 0.585. The van der Waals surface area contributed by atoms with Crippen LogP contribution in [0, 0.1) is 0 Å². The summed E-state index contributed by atoms with van der Waals surface area (Å²) in [6.07, 6.45) is -2.16. The second-order valence-electron chi connectivity index (χ2n) is 9.58. The molecule has 0 unspecified atom stereocenters. The largest absolute Gasteiger partial charge is 0.494 e. The maximum Gasteiger partial charge on any atom is 0.416 e. The molecule has 202 valence electrons. The highest BCUT2D eigenvalue weighted by Crippen LogP contribution is 2.36. The highest BCUT2D eigenvalue weighted by atomic mass is 19.4. The molecule has 1 saturated heterocycles. The zero-order chi connectivity index (χ0) is 27.6. The molecular formula is C30H28F3N3O3. The Labute approximate surface area is 224 Å². The van der Waals surface area contributed by atoms with Crippen LogP contribution in [-0.2, 0) is 11.8 Å². The number of fused-ring (bicyclic) bond motifs is 1. The summed E-state index contributed by atoms with van der Waals surface area (Å²) in [5, 5.41) is 15.0. The number of alkyl halides is 3. The van der Waals surface area contributed by atoms with Crippen molar-refractivity contribution in [3.05, 3.63) is 95.7 Å². The van der Waals surface area contributed by atoms with Gasteiger partial charge in [-0.25, -0.2) is 0 Å². The fourth-order valence-corrected chi connectivity index (χ4v) is 4.88. The van der Waals surface area contributed by atoms with Gasteiger partial charge in [0, 0.05) is 41.6 Å². The van der Waals surface area contributed by atoms with Crippen molar-refractivity contribution in [2.45, 2.75) is 31.5 Å². The molecule has 2 heterocycles. The Bertz CT molecular complexity index is 1480. The number of halogens is 3. The molecule has 0 bridgehead atoms. The van der Waals surface area contributed by atoms with Gasteiger partial charge in [0.25, 0.3) is 5.91 Å². The summed E-state index contributed by atoms with van der Waals surface area (Å²) in [6, 6.07) is 19.5. The zero-order valence-corrected chi connectivity index (χ0v) is 21.3. The first-order valence-electron chi connectivity index (χ1n) is 12.7. The van der Waals surface area contributed by atoms with Crippen LogP contribution in [0.5, 0.6) is 5.75 Å². The van der Waals surface area contributed by atoms with Crippen LogP contribution >= 0.6 is 0 Å². The molecule has 9 heteroatoms. The first-order chi connectivity index (χ1) is 18.7. The van der Waals surface area contributed by atoms with E-state index >= 15 is 0 Å². The van der Waals surface area contributed by atoms with E-state index in [9.17, 15) is 23.1 Å². The number of likely N-dealkylation sites (tertiary alicyclic amines) is 1. The SMILES string of the molecule is CCOc1cccc(C2(O)CCN(C(=O)c3ccc(Nc4ccnc5cc(C(F)(F)F)ccc45)cc3)CC2)c1. The van der Waals surface area contributed by atoms with Crippen molar-refractivity contribution in [1.29, 1.82) is 0 Å². The number of hydrogen-bond donors (Lipinski definition) is 2. The van der Waals surface area contributed by atoms with Crippen LogP contribution in [-0.4, -0.2) is 40.6 Å². The van der Waals surface area contributed by atoms with Crippen LogP contribution < -0.4 is 10.1 Å². The maximum absolute atomic E-state index is 13.1. The molecule has 6 nitrogen and oxygen atoms in total. The van der Waals surface area contributed by atoms with Gasteiger partial charge in [0.1, 0.15) is 5.75 Å². The minimum Gasteiger partial charge on any atom is -0.494 e. The number of piperidine rings is 1. The van der Waals surface area contributed by atoms with Crippen molar-refractivity contribution in [1.82, 2.24) is 9.88 Å². The van der Waals surface area contributed by atoms with Crippen molar-refractivity contribution >= 4 is 28.2 Å². The fourth-order valence-electron chi connectivity index (χ4n) is 4.88. The van der Waals surface area contributed by atoms with E-state index in [1.54, 1.807) is 35.2 Å². The minimum atomic E-state index is -4.44. The summed E-state index contributed by atoms with van der Waals surface area (Å²) in [7, 11) is 0. The molecule has 0 saturated carbocycles. The highest BCUT2D eigenvalue weighted by molar-refractivity contribution is 5.96. The van der Waals surface area contributed by atoms with Gasteiger partial charge in [-0.3, -0.25) is 9.78 Å². The standard InChI is InChI=1S/C30H28F3N3O3/c1-2-39-24-5-3-4-21(18-24)29(38)13-16-36(17-14-29)28(37)20-6-9-23(10-7-20)35-26-12-15-34-27-19-22(30(31,32)33)8-11-25(26)27/h3-12,15,18-19,38H,2,13-14,16-17H2,1H3,(H,34,35). The molecule has 1 amide bonds. The normalized spacial score (nSPS) is 15.3. The van der Waals surface area contributed by atoms with E-state index in [0.29, 0.717) is 60.6 Å². The van der Waals surface area contributed by atoms with Crippen molar-refractivity contribution < 1.29 is 27.8 Å². The van der Waals surface area contributed by atoms with Crippen molar-refractivity contribution in [2.24, 2.45) is 0 Å². The first-order valence-corrected chi connectivity index (χ1v) is 12.7. The summed E-state index contributed by atoms with van der Waals surface area (Å²) in [5.41, 5.74) is 1.05. The quantitative estimate of drug-likeness (QED) is 0.294. The molecule has 4 aromatic rings. The van der Waals surface area contributed by atoms with Crippen molar-refractivity contribution in [3.63, 3.8) is 0 Å². The summed E-state index contributed by atoms with van der Waals surface area (Å²) in [4.78, 5) is 19.0. The number of benzene rings is 3. The summed E-state index contributed by atoms with van der Waals surface area (Å²) >= 11 is 0. The number of aliphatic hydroxyl groups is 1. The molecule has 1 fully saturated rings. The Morgan fingerprint density at radius 3 is 2.49 bits per heavy atom. The van der Waals surface area contributed by atoms with Crippen LogP contribution in [0.4, 0.5) is 24.5 Å². The molecule has 3 aromatic carbocycles. The molecule has 1 aliphatic rings. The van der Waals surface area contributed by atoms with Crippen molar-refractivity contribution in [3.8, 4) is 5.75 Å². The molecule has 2 N–H and O–H groups in total. The lowest BCUT2D eigenvalue weighted by Crippen LogP contribution is -2.45. The lowest BCUT2D eigenvalue weighted by atomic mass is 9.84. The first kappa shape index (κ1) is 26.5. The monoisotopic (exact) mass is 535 g/mol. The van der Waals surface area contributed by atoms with Crippen LogP contribution in [0.15, 0.2) is 79.0 Å². The number of aromatic nitrogens is 1. The number of carbonyl (C=O) groups is 1.